The zero-order valence-corrected chi connectivity index (χ0v) is 11.9. The Balaban J connectivity index is 2.31. The van der Waals surface area contributed by atoms with Crippen molar-refractivity contribution in [3.63, 3.8) is 0 Å². The Bertz CT molecular complexity index is 679. The van der Waals surface area contributed by atoms with Gasteiger partial charge in [-0.3, -0.25) is 0 Å². The molecule has 2 aromatic heterocycles. The highest BCUT2D eigenvalue weighted by Gasteiger charge is 2.14. The number of aromatic nitrogens is 3. The summed E-state index contributed by atoms with van der Waals surface area (Å²) in [5, 5.41) is 6.04. The van der Waals surface area contributed by atoms with Gasteiger partial charge in [-0.25, -0.2) is 18.4 Å². The van der Waals surface area contributed by atoms with Crippen LogP contribution in [0, 0.1) is 0 Å². The number of nitrogens with zero attached hydrogens (tertiary/aromatic N) is 3. The summed E-state index contributed by atoms with van der Waals surface area (Å²) in [7, 11) is -1.26. The second kappa shape index (κ2) is 5.04. The zero-order valence-electron chi connectivity index (χ0n) is 11.1. The Morgan fingerprint density at radius 1 is 1.47 bits per heavy atom. The molecule has 0 aliphatic rings. The van der Waals surface area contributed by atoms with E-state index < -0.39 is 9.84 Å². The Kier molecular flexibility index (Phi) is 3.61. The zero-order chi connectivity index (χ0) is 14.0. The van der Waals surface area contributed by atoms with E-state index in [1.54, 1.807) is 20.2 Å². The van der Waals surface area contributed by atoms with Crippen molar-refractivity contribution in [1.29, 1.82) is 0 Å². The fourth-order valence-corrected chi connectivity index (χ4v) is 2.87. The average Bonchev–Trinajstić information content (AvgIpc) is 2.74. The number of nitrogens with one attached hydrogen (secondary N) is 2. The molecule has 104 valence electrons. The fourth-order valence-electron chi connectivity index (χ4n) is 1.88. The highest BCUT2D eigenvalue weighted by Crippen LogP contribution is 2.17. The van der Waals surface area contributed by atoms with Crippen molar-refractivity contribution in [3.8, 4) is 0 Å². The Morgan fingerprint density at radius 3 is 2.84 bits per heavy atom. The lowest BCUT2D eigenvalue weighted by Gasteiger charge is -2.15. The molecule has 0 aromatic carbocycles. The van der Waals surface area contributed by atoms with E-state index in [0.29, 0.717) is 17.3 Å². The topological polar surface area (TPSA) is 88.4 Å². The fraction of sp³-hybridized carbons (Fsp3) is 0.455. The maximum atomic E-state index is 11.3. The van der Waals surface area contributed by atoms with E-state index in [2.05, 4.69) is 20.6 Å². The van der Waals surface area contributed by atoms with Gasteiger partial charge >= 0.3 is 0 Å². The van der Waals surface area contributed by atoms with Gasteiger partial charge in [-0.1, -0.05) is 0 Å². The average molecular weight is 283 g/mol. The molecule has 2 N–H and O–H groups in total. The smallest absolute Gasteiger partial charge is 0.180 e. The number of hydrogen-bond acceptors (Lipinski definition) is 6. The lowest BCUT2D eigenvalue weighted by Crippen LogP contribution is -2.26. The summed E-state index contributed by atoms with van der Waals surface area (Å²) in [6.07, 6.45) is 6.51. The van der Waals surface area contributed by atoms with Crippen molar-refractivity contribution in [2.24, 2.45) is 0 Å². The van der Waals surface area contributed by atoms with Gasteiger partial charge < -0.3 is 15.0 Å². The minimum Gasteiger partial charge on any atom is -0.372 e. The largest absolute Gasteiger partial charge is 0.372 e. The summed E-state index contributed by atoms with van der Waals surface area (Å²) in [5.74, 6) is 1.29. The van der Waals surface area contributed by atoms with Crippen LogP contribution in [0.1, 0.15) is 6.92 Å². The highest BCUT2D eigenvalue weighted by atomic mass is 32.2. The molecule has 0 amide bonds. The lowest BCUT2D eigenvalue weighted by atomic mass is 10.4. The van der Waals surface area contributed by atoms with Crippen molar-refractivity contribution in [2.45, 2.75) is 13.0 Å². The predicted octanol–water partition coefficient (Wildman–Crippen LogP) is 0.616. The van der Waals surface area contributed by atoms with Crippen molar-refractivity contribution in [2.75, 3.05) is 29.7 Å². The number of hydrogen-bond donors (Lipinski definition) is 2. The molecule has 0 aliphatic heterocycles. The molecule has 7 nitrogen and oxygen atoms in total. The summed E-state index contributed by atoms with van der Waals surface area (Å²) < 4.78 is 24.4. The van der Waals surface area contributed by atoms with Crippen LogP contribution in [-0.4, -0.2) is 47.9 Å². The molecule has 0 fully saturated rings. The molecule has 0 bridgehead atoms. The second-order valence-electron chi connectivity index (χ2n) is 4.52. The lowest BCUT2D eigenvalue weighted by molar-refractivity contribution is 0.598. The van der Waals surface area contributed by atoms with E-state index in [0.717, 1.165) is 0 Å². The molecular formula is C11H17N5O2S. The van der Waals surface area contributed by atoms with Crippen LogP contribution in [0.3, 0.4) is 0 Å². The third kappa shape index (κ3) is 3.34. The normalized spacial score (nSPS) is 13.4. The van der Waals surface area contributed by atoms with Gasteiger partial charge in [0.25, 0.3) is 0 Å². The molecule has 1 atom stereocenters. The Hall–Kier alpha value is -1.83. The summed E-state index contributed by atoms with van der Waals surface area (Å²) in [6, 6.07) is -0.241. The first-order valence-corrected chi connectivity index (χ1v) is 7.91. The summed E-state index contributed by atoms with van der Waals surface area (Å²) in [5.41, 5.74) is 0.666. The van der Waals surface area contributed by atoms with Crippen LogP contribution in [0.2, 0.25) is 0 Å². The highest BCUT2D eigenvalue weighted by molar-refractivity contribution is 7.90. The van der Waals surface area contributed by atoms with Crippen molar-refractivity contribution in [3.05, 3.63) is 18.6 Å². The van der Waals surface area contributed by atoms with E-state index >= 15 is 0 Å². The molecule has 8 heteroatoms. The van der Waals surface area contributed by atoms with Crippen LogP contribution >= 0.6 is 0 Å². The second-order valence-corrected chi connectivity index (χ2v) is 6.71. The third-order valence-electron chi connectivity index (χ3n) is 2.57. The molecule has 0 spiro atoms. The number of sulfone groups is 1. The van der Waals surface area contributed by atoms with Gasteiger partial charge in [-0.15, -0.1) is 0 Å². The van der Waals surface area contributed by atoms with E-state index in [-0.39, 0.29) is 11.8 Å². The molecule has 0 saturated heterocycles. The minimum absolute atomic E-state index is 0.0470. The van der Waals surface area contributed by atoms with Crippen molar-refractivity contribution >= 4 is 27.1 Å². The van der Waals surface area contributed by atoms with Crippen LogP contribution in [0.15, 0.2) is 18.6 Å². The van der Waals surface area contributed by atoms with Gasteiger partial charge in [0.05, 0.1) is 11.9 Å². The number of anilines is 2. The molecule has 0 aliphatic carbocycles. The Labute approximate surface area is 112 Å². The van der Waals surface area contributed by atoms with Crippen LogP contribution in [0.5, 0.6) is 0 Å². The number of rotatable bonds is 5. The van der Waals surface area contributed by atoms with E-state index in [1.165, 1.54) is 6.26 Å². The molecule has 0 radical (unpaired) electrons. The summed E-state index contributed by atoms with van der Waals surface area (Å²) in [6.45, 7) is 1.80. The molecule has 1 unspecified atom stereocenters. The maximum Gasteiger partial charge on any atom is 0.180 e. The van der Waals surface area contributed by atoms with Crippen molar-refractivity contribution in [1.82, 2.24) is 14.4 Å². The van der Waals surface area contributed by atoms with Crippen molar-refractivity contribution < 1.29 is 8.42 Å². The first-order chi connectivity index (χ1) is 8.89. The SMILES string of the molecule is CNc1cn2ccnc2c(NC(C)CS(C)(=O)=O)n1. The monoisotopic (exact) mass is 283 g/mol. The summed E-state index contributed by atoms with van der Waals surface area (Å²) >= 11 is 0. The van der Waals surface area contributed by atoms with E-state index in [9.17, 15) is 8.42 Å². The quantitative estimate of drug-likeness (QED) is 0.836. The van der Waals surface area contributed by atoms with Gasteiger partial charge in [0.15, 0.2) is 11.5 Å². The van der Waals surface area contributed by atoms with Gasteiger partial charge in [0, 0.05) is 31.7 Å². The molecule has 19 heavy (non-hydrogen) atoms. The Morgan fingerprint density at radius 2 is 2.21 bits per heavy atom. The minimum atomic E-state index is -3.03. The van der Waals surface area contributed by atoms with Gasteiger partial charge in [0.1, 0.15) is 15.7 Å². The molecular weight excluding hydrogens is 266 g/mol. The summed E-state index contributed by atoms with van der Waals surface area (Å²) in [4.78, 5) is 8.57. The van der Waals surface area contributed by atoms with Gasteiger partial charge in [0.2, 0.25) is 0 Å². The maximum absolute atomic E-state index is 11.3. The standard InChI is InChI=1S/C11H17N5O2S/c1-8(7-19(3,17)18)14-10-11-13-4-5-16(11)6-9(12-2)15-10/h4-6,8,12H,7H2,1-3H3,(H,14,15). The molecule has 2 rings (SSSR count). The van der Waals surface area contributed by atoms with Crippen LogP contribution in [-0.2, 0) is 9.84 Å². The molecule has 2 aromatic rings. The first-order valence-electron chi connectivity index (χ1n) is 5.85. The number of fused-ring (bicyclic) bond motifs is 1. The van der Waals surface area contributed by atoms with Crippen LogP contribution < -0.4 is 10.6 Å². The van der Waals surface area contributed by atoms with Crippen LogP contribution in [0.25, 0.3) is 5.65 Å². The van der Waals surface area contributed by atoms with E-state index in [4.69, 9.17) is 0 Å². The van der Waals surface area contributed by atoms with E-state index in [1.807, 2.05) is 16.8 Å². The number of imidazole rings is 1. The third-order valence-corrected chi connectivity index (χ3v) is 3.67. The molecule has 2 heterocycles. The predicted molar refractivity (Wildman–Crippen MR) is 75.3 cm³/mol. The molecule has 0 saturated carbocycles. The van der Waals surface area contributed by atoms with Crippen LogP contribution in [0.4, 0.5) is 11.6 Å². The first kappa shape index (κ1) is 13.6. The van der Waals surface area contributed by atoms with Gasteiger partial charge in [-0.05, 0) is 6.92 Å². The van der Waals surface area contributed by atoms with Gasteiger partial charge in [-0.2, -0.15) is 0 Å².